The fourth-order valence-corrected chi connectivity index (χ4v) is 6.96. The van der Waals surface area contributed by atoms with E-state index in [-0.39, 0.29) is 11.4 Å². The summed E-state index contributed by atoms with van der Waals surface area (Å²) in [7, 11) is 0. The van der Waals surface area contributed by atoms with Crippen LogP contribution in [0.2, 0.25) is 0 Å². The van der Waals surface area contributed by atoms with E-state index in [0.717, 1.165) is 48.9 Å². The van der Waals surface area contributed by atoms with E-state index < -0.39 is 0 Å². The molecule has 29 heavy (non-hydrogen) atoms. The minimum absolute atomic E-state index is 0.135. The van der Waals surface area contributed by atoms with E-state index in [1.54, 1.807) is 0 Å². The molecule has 3 aliphatic rings. The molecule has 0 amide bonds. The van der Waals surface area contributed by atoms with Crippen molar-refractivity contribution >= 4 is 5.97 Å². The average molecular weight is 405 g/mol. The van der Waals surface area contributed by atoms with Crippen LogP contribution in [0.25, 0.3) is 0 Å². The van der Waals surface area contributed by atoms with E-state index in [1.165, 1.54) is 83.5 Å². The monoisotopic (exact) mass is 404 g/mol. The van der Waals surface area contributed by atoms with E-state index in [1.807, 2.05) is 6.92 Å². The Morgan fingerprint density at radius 1 is 0.793 bits per heavy atom. The number of hydrogen-bond acceptors (Lipinski definition) is 2. The Morgan fingerprint density at radius 3 is 1.90 bits per heavy atom. The average Bonchev–Trinajstić information content (AvgIpc) is 2.75. The van der Waals surface area contributed by atoms with E-state index >= 15 is 0 Å². The second-order valence-corrected chi connectivity index (χ2v) is 11.1. The van der Waals surface area contributed by atoms with E-state index in [9.17, 15) is 4.79 Å². The maximum atomic E-state index is 13.0. The molecule has 0 aromatic rings. The van der Waals surface area contributed by atoms with Crippen molar-refractivity contribution in [3.8, 4) is 0 Å². The van der Waals surface area contributed by atoms with E-state index in [0.29, 0.717) is 6.61 Å². The van der Waals surface area contributed by atoms with E-state index in [4.69, 9.17) is 4.74 Å². The molecule has 0 aliphatic heterocycles. The largest absolute Gasteiger partial charge is 0.466 e. The minimum atomic E-state index is -0.158. The molecule has 0 aromatic heterocycles. The summed E-state index contributed by atoms with van der Waals surface area (Å²) in [6.07, 6.45) is 21.1. The smallest absolute Gasteiger partial charge is 0.312 e. The Labute approximate surface area is 180 Å². The molecule has 168 valence electrons. The number of hydrogen-bond donors (Lipinski definition) is 0. The summed E-state index contributed by atoms with van der Waals surface area (Å²) in [6.45, 7) is 7.24. The van der Waals surface area contributed by atoms with Gasteiger partial charge in [0.15, 0.2) is 0 Å². The third kappa shape index (κ3) is 6.23. The fraction of sp³-hybridized carbons (Fsp3) is 0.963. The Balaban J connectivity index is 1.52. The third-order valence-corrected chi connectivity index (χ3v) is 9.12. The molecular weight excluding hydrogens is 356 g/mol. The zero-order valence-electron chi connectivity index (χ0n) is 19.7. The Morgan fingerprint density at radius 2 is 1.34 bits per heavy atom. The van der Waals surface area contributed by atoms with Gasteiger partial charge < -0.3 is 4.74 Å². The highest BCUT2D eigenvalue weighted by Gasteiger charge is 2.44. The van der Waals surface area contributed by atoms with Gasteiger partial charge in [-0.2, -0.15) is 0 Å². The van der Waals surface area contributed by atoms with Gasteiger partial charge in [0.1, 0.15) is 0 Å². The van der Waals surface area contributed by atoms with Crippen LogP contribution in [0, 0.1) is 35.0 Å². The molecule has 0 aromatic carbocycles. The summed E-state index contributed by atoms with van der Waals surface area (Å²) in [4.78, 5) is 13.0. The molecule has 0 unspecified atom stereocenters. The molecular formula is C27H48O2. The van der Waals surface area contributed by atoms with Crippen molar-refractivity contribution in [3.63, 3.8) is 0 Å². The first-order valence-electron chi connectivity index (χ1n) is 13.2. The van der Waals surface area contributed by atoms with E-state index in [2.05, 4.69) is 13.8 Å². The van der Waals surface area contributed by atoms with Crippen LogP contribution in [-0.4, -0.2) is 12.6 Å². The zero-order valence-corrected chi connectivity index (χ0v) is 19.7. The molecule has 0 spiro atoms. The molecule has 0 atom stereocenters. The van der Waals surface area contributed by atoms with Gasteiger partial charge in [0.05, 0.1) is 12.0 Å². The first-order chi connectivity index (χ1) is 14.1. The molecule has 2 heteroatoms. The standard InChI is InChI=1S/C27H48O2/c1-4-6-22-9-11-23(12-10-22)15-18-27(26(28)29-5-2)19-16-25(17-20-27)24-13-7-21(3)8-14-24/h21-25H,4-20H2,1-3H3/t21?,22-,23-,24?,25?,27?. The number of carbonyl (C=O) groups is 1. The van der Waals surface area contributed by atoms with Crippen molar-refractivity contribution in [1.29, 1.82) is 0 Å². The molecule has 3 fully saturated rings. The number of carbonyl (C=O) groups excluding carboxylic acids is 1. The van der Waals surface area contributed by atoms with Gasteiger partial charge >= 0.3 is 5.97 Å². The molecule has 3 saturated carbocycles. The number of rotatable bonds is 8. The highest BCUT2D eigenvalue weighted by atomic mass is 16.5. The second-order valence-electron chi connectivity index (χ2n) is 11.1. The summed E-state index contributed by atoms with van der Waals surface area (Å²) in [5, 5.41) is 0. The summed E-state index contributed by atoms with van der Waals surface area (Å²) < 4.78 is 5.63. The van der Waals surface area contributed by atoms with Crippen LogP contribution in [0.3, 0.4) is 0 Å². The lowest BCUT2D eigenvalue weighted by Gasteiger charge is -2.43. The summed E-state index contributed by atoms with van der Waals surface area (Å²) in [6, 6.07) is 0. The predicted octanol–water partition coefficient (Wildman–Crippen LogP) is 7.94. The SMILES string of the molecule is CCC[C@H]1CC[C@H](CCC2(C(=O)OCC)CCC(C3CCC(C)CC3)CC2)CC1. The lowest BCUT2D eigenvalue weighted by molar-refractivity contribution is -0.159. The number of ether oxygens (including phenoxy) is 1. The summed E-state index contributed by atoms with van der Waals surface area (Å²) in [5.74, 6) is 4.70. The van der Waals surface area contributed by atoms with Crippen molar-refractivity contribution in [2.45, 2.75) is 124 Å². The highest BCUT2D eigenvalue weighted by Crippen LogP contribution is 2.49. The third-order valence-electron chi connectivity index (χ3n) is 9.12. The van der Waals surface area contributed by atoms with Crippen LogP contribution in [0.15, 0.2) is 0 Å². The summed E-state index contributed by atoms with van der Waals surface area (Å²) >= 11 is 0. The van der Waals surface area contributed by atoms with Gasteiger partial charge in [0.25, 0.3) is 0 Å². The van der Waals surface area contributed by atoms with Crippen LogP contribution in [0.1, 0.15) is 124 Å². The zero-order chi connectivity index (χ0) is 20.7. The van der Waals surface area contributed by atoms with Gasteiger partial charge in [0.2, 0.25) is 0 Å². The second kappa shape index (κ2) is 11.2. The topological polar surface area (TPSA) is 26.3 Å². The van der Waals surface area contributed by atoms with Gasteiger partial charge in [-0.05, 0) is 87.9 Å². The minimum Gasteiger partial charge on any atom is -0.466 e. The van der Waals surface area contributed by atoms with Crippen LogP contribution >= 0.6 is 0 Å². The van der Waals surface area contributed by atoms with Crippen molar-refractivity contribution in [2.24, 2.45) is 35.0 Å². The lowest BCUT2D eigenvalue weighted by atomic mass is 9.62. The molecule has 3 rings (SSSR count). The van der Waals surface area contributed by atoms with Crippen LogP contribution < -0.4 is 0 Å². The maximum Gasteiger partial charge on any atom is 0.312 e. The number of esters is 1. The maximum absolute atomic E-state index is 13.0. The first kappa shape index (κ1) is 23.1. The normalized spacial score (nSPS) is 38.5. The Hall–Kier alpha value is -0.530. The molecule has 0 saturated heterocycles. The van der Waals surface area contributed by atoms with Gasteiger partial charge in [-0.1, -0.05) is 65.2 Å². The molecule has 0 radical (unpaired) electrons. The van der Waals surface area contributed by atoms with Crippen molar-refractivity contribution in [3.05, 3.63) is 0 Å². The van der Waals surface area contributed by atoms with Gasteiger partial charge in [0, 0.05) is 0 Å². The van der Waals surface area contributed by atoms with Crippen LogP contribution in [0.5, 0.6) is 0 Å². The van der Waals surface area contributed by atoms with Crippen LogP contribution in [-0.2, 0) is 9.53 Å². The highest BCUT2D eigenvalue weighted by molar-refractivity contribution is 5.77. The quantitative estimate of drug-likeness (QED) is 0.384. The molecule has 0 N–H and O–H groups in total. The molecule has 3 aliphatic carbocycles. The van der Waals surface area contributed by atoms with Crippen molar-refractivity contribution in [2.75, 3.05) is 6.61 Å². The predicted molar refractivity (Wildman–Crippen MR) is 122 cm³/mol. The van der Waals surface area contributed by atoms with Gasteiger partial charge in [-0.15, -0.1) is 0 Å². The molecule has 0 heterocycles. The molecule has 0 bridgehead atoms. The van der Waals surface area contributed by atoms with Crippen molar-refractivity contribution < 1.29 is 9.53 Å². The lowest BCUT2D eigenvalue weighted by Crippen LogP contribution is -2.39. The van der Waals surface area contributed by atoms with Crippen molar-refractivity contribution in [1.82, 2.24) is 0 Å². The fourth-order valence-electron chi connectivity index (χ4n) is 6.96. The van der Waals surface area contributed by atoms with Gasteiger partial charge in [-0.25, -0.2) is 0 Å². The molecule has 2 nitrogen and oxygen atoms in total. The Bertz CT molecular complexity index is 475. The summed E-state index contributed by atoms with van der Waals surface area (Å²) in [5.41, 5.74) is -0.158. The van der Waals surface area contributed by atoms with Crippen LogP contribution in [0.4, 0.5) is 0 Å². The Kier molecular flexibility index (Phi) is 8.93. The van der Waals surface area contributed by atoms with Gasteiger partial charge in [-0.3, -0.25) is 4.79 Å². The first-order valence-corrected chi connectivity index (χ1v) is 13.2.